The second-order valence-corrected chi connectivity index (χ2v) is 4.57. The molecular weight excluding hydrogens is 228 g/mol. The van der Waals surface area contributed by atoms with Crippen molar-refractivity contribution in [2.24, 2.45) is 7.05 Å². The first-order chi connectivity index (χ1) is 8.72. The second-order valence-electron chi connectivity index (χ2n) is 4.57. The van der Waals surface area contributed by atoms with Crippen molar-refractivity contribution in [1.29, 1.82) is 0 Å². The van der Waals surface area contributed by atoms with Gasteiger partial charge in [0.25, 0.3) is 0 Å². The van der Waals surface area contributed by atoms with Crippen LogP contribution < -0.4 is 5.32 Å². The molecule has 1 N–H and O–H groups in total. The van der Waals surface area contributed by atoms with E-state index in [0.29, 0.717) is 12.1 Å². The number of carbonyl (C=O) groups is 1. The minimum Gasteiger partial charge on any atom is -0.309 e. The molecule has 5 nitrogen and oxygen atoms in total. The molecule has 0 atom stereocenters. The molecule has 92 valence electrons. The van der Waals surface area contributed by atoms with E-state index in [1.165, 1.54) is 11.1 Å². The van der Waals surface area contributed by atoms with E-state index in [-0.39, 0.29) is 5.78 Å². The number of aromatic nitrogens is 3. The minimum atomic E-state index is 0.0881. The zero-order chi connectivity index (χ0) is 12.5. The van der Waals surface area contributed by atoms with Crippen LogP contribution in [0.1, 0.15) is 27.2 Å². The zero-order valence-corrected chi connectivity index (χ0v) is 10.2. The van der Waals surface area contributed by atoms with Crippen LogP contribution in [0.5, 0.6) is 0 Å². The highest BCUT2D eigenvalue weighted by molar-refractivity contribution is 5.97. The number of fused-ring (bicyclic) bond motifs is 1. The Morgan fingerprint density at radius 2 is 2.22 bits per heavy atom. The summed E-state index contributed by atoms with van der Waals surface area (Å²) in [5.74, 6) is 0.0881. The average molecular weight is 242 g/mol. The molecule has 18 heavy (non-hydrogen) atoms. The Kier molecular flexibility index (Phi) is 2.68. The fourth-order valence-electron chi connectivity index (χ4n) is 2.21. The molecular formula is C13H14N4O. The van der Waals surface area contributed by atoms with Crippen LogP contribution in [0.3, 0.4) is 0 Å². The highest BCUT2D eigenvalue weighted by Gasteiger charge is 2.14. The summed E-state index contributed by atoms with van der Waals surface area (Å²) in [5, 5.41) is 11.0. The van der Waals surface area contributed by atoms with E-state index in [9.17, 15) is 4.79 Å². The quantitative estimate of drug-likeness (QED) is 0.810. The van der Waals surface area contributed by atoms with E-state index >= 15 is 0 Å². The number of ketones is 1. The number of nitrogens with one attached hydrogen (secondary N) is 1. The van der Waals surface area contributed by atoms with Crippen LogP contribution >= 0.6 is 0 Å². The van der Waals surface area contributed by atoms with Gasteiger partial charge in [0.1, 0.15) is 0 Å². The van der Waals surface area contributed by atoms with Crippen molar-refractivity contribution in [3.8, 4) is 0 Å². The third-order valence-electron chi connectivity index (χ3n) is 3.15. The van der Waals surface area contributed by atoms with E-state index in [2.05, 4.69) is 15.6 Å². The highest BCUT2D eigenvalue weighted by atomic mass is 16.1. The van der Waals surface area contributed by atoms with Gasteiger partial charge in [0.05, 0.1) is 12.1 Å². The van der Waals surface area contributed by atoms with Gasteiger partial charge in [0.15, 0.2) is 5.78 Å². The first kappa shape index (κ1) is 11.1. The number of rotatable bonds is 3. The van der Waals surface area contributed by atoms with Crippen LogP contribution in [-0.4, -0.2) is 20.8 Å². The first-order valence-corrected chi connectivity index (χ1v) is 5.93. The third kappa shape index (κ3) is 2.04. The lowest BCUT2D eigenvalue weighted by molar-refractivity contribution is 0.0992. The molecule has 0 saturated heterocycles. The largest absolute Gasteiger partial charge is 0.309 e. The maximum Gasteiger partial charge on any atom is 0.168 e. The van der Waals surface area contributed by atoms with Gasteiger partial charge in [0, 0.05) is 31.9 Å². The Morgan fingerprint density at radius 3 is 3.00 bits per heavy atom. The Balaban J connectivity index is 1.80. The van der Waals surface area contributed by atoms with Crippen molar-refractivity contribution in [2.45, 2.75) is 19.5 Å². The summed E-state index contributed by atoms with van der Waals surface area (Å²) < 4.78 is 1.61. The summed E-state index contributed by atoms with van der Waals surface area (Å²) >= 11 is 0. The van der Waals surface area contributed by atoms with E-state index in [0.717, 1.165) is 18.7 Å². The lowest BCUT2D eigenvalue weighted by atomic mass is 10.0. The van der Waals surface area contributed by atoms with Crippen LogP contribution in [0.2, 0.25) is 0 Å². The lowest BCUT2D eigenvalue weighted by Gasteiger charge is -2.02. The Morgan fingerprint density at radius 1 is 1.39 bits per heavy atom. The van der Waals surface area contributed by atoms with Gasteiger partial charge in [-0.3, -0.25) is 9.48 Å². The smallest absolute Gasteiger partial charge is 0.168 e. The molecule has 0 fully saturated rings. The van der Waals surface area contributed by atoms with Crippen LogP contribution in [-0.2, 0) is 26.6 Å². The summed E-state index contributed by atoms with van der Waals surface area (Å²) in [6.07, 6.45) is 2.08. The molecule has 1 aliphatic heterocycles. The van der Waals surface area contributed by atoms with Gasteiger partial charge in [0.2, 0.25) is 0 Å². The molecule has 0 saturated carbocycles. The third-order valence-corrected chi connectivity index (χ3v) is 3.15. The molecule has 0 bridgehead atoms. The van der Waals surface area contributed by atoms with Crippen molar-refractivity contribution in [3.63, 3.8) is 0 Å². The Hall–Kier alpha value is -2.01. The molecule has 0 radical (unpaired) electrons. The van der Waals surface area contributed by atoms with Gasteiger partial charge >= 0.3 is 0 Å². The lowest BCUT2D eigenvalue weighted by Crippen LogP contribution is -2.05. The summed E-state index contributed by atoms with van der Waals surface area (Å²) in [6, 6.07) is 5.90. The maximum atomic E-state index is 12.1. The summed E-state index contributed by atoms with van der Waals surface area (Å²) in [4.78, 5) is 12.1. The van der Waals surface area contributed by atoms with Gasteiger partial charge in [-0.15, -0.1) is 5.10 Å². The number of Topliss-reactive ketones (excluding diaryl/α,β-unsaturated/α-hetero) is 1. The normalized spacial score (nSPS) is 13.6. The van der Waals surface area contributed by atoms with Gasteiger partial charge < -0.3 is 5.32 Å². The van der Waals surface area contributed by atoms with E-state index in [4.69, 9.17) is 0 Å². The number of hydrogen-bond donors (Lipinski definition) is 1. The predicted octanol–water partition coefficient (Wildman–Crippen LogP) is 0.844. The zero-order valence-electron chi connectivity index (χ0n) is 10.2. The van der Waals surface area contributed by atoms with E-state index in [1.807, 2.05) is 18.2 Å². The number of carbonyl (C=O) groups excluding carboxylic acids is 1. The first-order valence-electron chi connectivity index (χ1n) is 5.93. The molecule has 0 unspecified atom stereocenters. The summed E-state index contributed by atoms with van der Waals surface area (Å²) in [5.41, 5.74) is 3.97. The fourth-order valence-corrected chi connectivity index (χ4v) is 2.21. The van der Waals surface area contributed by atoms with E-state index in [1.54, 1.807) is 17.9 Å². The monoisotopic (exact) mass is 242 g/mol. The molecule has 5 heteroatoms. The summed E-state index contributed by atoms with van der Waals surface area (Å²) in [7, 11) is 1.79. The molecule has 3 rings (SSSR count). The standard InChI is InChI=1S/C13H14N4O/c1-17-8-12(15-16-17)5-13(18)9-2-3-10-6-14-7-11(10)4-9/h2-4,8,14H,5-7H2,1H3. The molecule has 0 spiro atoms. The van der Waals surface area contributed by atoms with Crippen LogP contribution in [0.15, 0.2) is 24.4 Å². The molecule has 0 aliphatic carbocycles. The van der Waals surface area contributed by atoms with E-state index < -0.39 is 0 Å². The van der Waals surface area contributed by atoms with Crippen molar-refractivity contribution in [1.82, 2.24) is 20.3 Å². The van der Waals surface area contributed by atoms with Crippen molar-refractivity contribution >= 4 is 5.78 Å². The van der Waals surface area contributed by atoms with Gasteiger partial charge in [-0.1, -0.05) is 17.3 Å². The highest BCUT2D eigenvalue weighted by Crippen LogP contribution is 2.18. The molecule has 0 amide bonds. The minimum absolute atomic E-state index is 0.0881. The maximum absolute atomic E-state index is 12.1. The number of nitrogens with zero attached hydrogens (tertiary/aromatic N) is 3. The number of hydrogen-bond acceptors (Lipinski definition) is 4. The van der Waals surface area contributed by atoms with Crippen molar-refractivity contribution < 1.29 is 4.79 Å². The van der Waals surface area contributed by atoms with Crippen LogP contribution in [0.4, 0.5) is 0 Å². The Labute approximate surface area is 105 Å². The van der Waals surface area contributed by atoms with Crippen LogP contribution in [0.25, 0.3) is 0 Å². The second kappa shape index (κ2) is 4.34. The predicted molar refractivity (Wildman–Crippen MR) is 66.0 cm³/mol. The molecule has 2 aromatic rings. The van der Waals surface area contributed by atoms with Crippen molar-refractivity contribution in [2.75, 3.05) is 0 Å². The Bertz CT molecular complexity index is 603. The molecule has 1 aromatic heterocycles. The number of benzene rings is 1. The average Bonchev–Trinajstić information content (AvgIpc) is 2.96. The van der Waals surface area contributed by atoms with Gasteiger partial charge in [-0.25, -0.2) is 0 Å². The van der Waals surface area contributed by atoms with Crippen molar-refractivity contribution in [3.05, 3.63) is 46.8 Å². The van der Waals surface area contributed by atoms with Gasteiger partial charge in [-0.2, -0.15) is 0 Å². The summed E-state index contributed by atoms with van der Waals surface area (Å²) in [6.45, 7) is 1.75. The van der Waals surface area contributed by atoms with Crippen LogP contribution in [0, 0.1) is 0 Å². The topological polar surface area (TPSA) is 59.8 Å². The van der Waals surface area contributed by atoms with Gasteiger partial charge in [-0.05, 0) is 17.2 Å². The number of aryl methyl sites for hydroxylation is 1. The SMILES string of the molecule is Cn1cc(CC(=O)c2ccc3c(c2)CNC3)nn1. The molecule has 1 aliphatic rings. The fraction of sp³-hybridized carbons (Fsp3) is 0.308. The molecule has 2 heterocycles. The molecule has 1 aromatic carbocycles.